The van der Waals surface area contributed by atoms with Gasteiger partial charge < -0.3 is 0 Å². The van der Waals surface area contributed by atoms with Crippen molar-refractivity contribution >= 4 is 21.6 Å². The SMILES string of the molecule is CC1=NC=C(Br)CC1(C)C. The number of nitrogens with zero attached hydrogens (tertiary/aromatic N) is 1. The molecule has 0 radical (unpaired) electrons. The van der Waals surface area contributed by atoms with Crippen molar-refractivity contribution in [3.63, 3.8) is 0 Å². The van der Waals surface area contributed by atoms with E-state index < -0.39 is 0 Å². The third-order valence-electron chi connectivity index (χ3n) is 1.99. The number of hydrogen-bond donors (Lipinski definition) is 0. The van der Waals surface area contributed by atoms with Gasteiger partial charge >= 0.3 is 0 Å². The van der Waals surface area contributed by atoms with Crippen LogP contribution in [0.5, 0.6) is 0 Å². The molecule has 0 saturated carbocycles. The van der Waals surface area contributed by atoms with E-state index in [-0.39, 0.29) is 5.41 Å². The predicted octanol–water partition coefficient (Wildman–Crippen LogP) is 3.11. The van der Waals surface area contributed by atoms with Crippen molar-refractivity contribution < 1.29 is 0 Å². The highest BCUT2D eigenvalue weighted by molar-refractivity contribution is 9.11. The van der Waals surface area contributed by atoms with Crippen LogP contribution in [-0.4, -0.2) is 5.71 Å². The normalized spacial score (nSPS) is 23.6. The van der Waals surface area contributed by atoms with Gasteiger partial charge in [0.05, 0.1) is 0 Å². The standard InChI is InChI=1S/C8H12BrN/c1-6-8(2,3)4-7(9)5-10-6/h5H,4H2,1-3H3. The zero-order chi connectivity index (χ0) is 7.78. The molecule has 10 heavy (non-hydrogen) atoms. The summed E-state index contributed by atoms with van der Waals surface area (Å²) in [6.45, 7) is 6.50. The van der Waals surface area contributed by atoms with Crippen LogP contribution < -0.4 is 0 Å². The smallest absolute Gasteiger partial charge is 0.0369 e. The molecule has 0 spiro atoms. The molecule has 0 aliphatic carbocycles. The molecule has 56 valence electrons. The van der Waals surface area contributed by atoms with E-state index in [1.165, 1.54) is 10.2 Å². The van der Waals surface area contributed by atoms with Crippen molar-refractivity contribution in [1.82, 2.24) is 0 Å². The van der Waals surface area contributed by atoms with Crippen LogP contribution in [0.3, 0.4) is 0 Å². The molecular weight excluding hydrogens is 190 g/mol. The van der Waals surface area contributed by atoms with E-state index in [2.05, 4.69) is 41.7 Å². The third kappa shape index (κ3) is 1.48. The van der Waals surface area contributed by atoms with E-state index in [0.29, 0.717) is 0 Å². The maximum Gasteiger partial charge on any atom is 0.0369 e. The number of halogens is 1. The van der Waals surface area contributed by atoms with E-state index in [1.807, 2.05) is 6.20 Å². The lowest BCUT2D eigenvalue weighted by molar-refractivity contribution is 0.519. The lowest BCUT2D eigenvalue weighted by atomic mass is 9.83. The van der Waals surface area contributed by atoms with Gasteiger partial charge in [-0.2, -0.15) is 0 Å². The summed E-state index contributed by atoms with van der Waals surface area (Å²) in [4.78, 5) is 4.27. The van der Waals surface area contributed by atoms with Crippen molar-refractivity contribution in [2.24, 2.45) is 10.4 Å². The van der Waals surface area contributed by atoms with Gasteiger partial charge in [0.1, 0.15) is 0 Å². The maximum atomic E-state index is 4.27. The zero-order valence-corrected chi connectivity index (χ0v) is 8.20. The van der Waals surface area contributed by atoms with Crippen LogP contribution in [0.25, 0.3) is 0 Å². The van der Waals surface area contributed by atoms with Gasteiger partial charge in [-0.05, 0) is 13.3 Å². The fourth-order valence-corrected chi connectivity index (χ4v) is 1.74. The average Bonchev–Trinajstić information content (AvgIpc) is 1.78. The molecule has 2 heteroatoms. The van der Waals surface area contributed by atoms with E-state index in [9.17, 15) is 0 Å². The van der Waals surface area contributed by atoms with Gasteiger partial charge in [0.15, 0.2) is 0 Å². The molecule has 0 N–H and O–H groups in total. The second-order valence-electron chi connectivity index (χ2n) is 3.35. The highest BCUT2D eigenvalue weighted by atomic mass is 79.9. The topological polar surface area (TPSA) is 12.4 Å². The molecule has 1 rings (SSSR count). The number of allylic oxidation sites excluding steroid dienone is 1. The van der Waals surface area contributed by atoms with Gasteiger partial charge in [-0.3, -0.25) is 4.99 Å². The third-order valence-corrected chi connectivity index (χ3v) is 2.47. The summed E-state index contributed by atoms with van der Waals surface area (Å²) >= 11 is 3.45. The molecule has 0 aromatic carbocycles. The Hall–Kier alpha value is -0.110. The Morgan fingerprint density at radius 1 is 1.60 bits per heavy atom. The van der Waals surface area contributed by atoms with Crippen LogP contribution in [0, 0.1) is 5.41 Å². The molecule has 0 aromatic rings. The molecule has 0 amide bonds. The number of rotatable bonds is 0. The first-order valence-electron chi connectivity index (χ1n) is 3.42. The van der Waals surface area contributed by atoms with Crippen LogP contribution >= 0.6 is 15.9 Å². The molecule has 0 atom stereocenters. The molecular formula is C8H12BrN. The molecule has 0 unspecified atom stereocenters. The van der Waals surface area contributed by atoms with E-state index in [4.69, 9.17) is 0 Å². The van der Waals surface area contributed by atoms with Gasteiger partial charge in [0, 0.05) is 21.8 Å². The minimum absolute atomic E-state index is 0.244. The fraction of sp³-hybridized carbons (Fsp3) is 0.625. The van der Waals surface area contributed by atoms with Crippen molar-refractivity contribution in [3.8, 4) is 0 Å². The monoisotopic (exact) mass is 201 g/mol. The summed E-state index contributed by atoms with van der Waals surface area (Å²) in [5, 5.41) is 0. The van der Waals surface area contributed by atoms with Gasteiger partial charge in [-0.15, -0.1) is 0 Å². The summed E-state index contributed by atoms with van der Waals surface area (Å²) in [5.74, 6) is 0. The van der Waals surface area contributed by atoms with Crippen LogP contribution in [0.15, 0.2) is 15.7 Å². The van der Waals surface area contributed by atoms with E-state index in [0.717, 1.165) is 6.42 Å². The molecule has 1 aliphatic heterocycles. The summed E-state index contributed by atoms with van der Waals surface area (Å²) in [5.41, 5.74) is 1.46. The first-order valence-corrected chi connectivity index (χ1v) is 4.21. The quantitative estimate of drug-likeness (QED) is 0.572. The van der Waals surface area contributed by atoms with Gasteiger partial charge in [0.25, 0.3) is 0 Å². The van der Waals surface area contributed by atoms with Crippen LogP contribution in [0.2, 0.25) is 0 Å². The van der Waals surface area contributed by atoms with Crippen molar-refractivity contribution in [2.75, 3.05) is 0 Å². The largest absolute Gasteiger partial charge is 0.265 e. The average molecular weight is 202 g/mol. The van der Waals surface area contributed by atoms with Crippen molar-refractivity contribution in [2.45, 2.75) is 27.2 Å². The van der Waals surface area contributed by atoms with Gasteiger partial charge in [0.2, 0.25) is 0 Å². The summed E-state index contributed by atoms with van der Waals surface area (Å²) < 4.78 is 1.20. The number of aliphatic imine (C=N–C) groups is 1. The second-order valence-corrected chi connectivity index (χ2v) is 4.37. The Morgan fingerprint density at radius 2 is 2.20 bits per heavy atom. The highest BCUT2D eigenvalue weighted by Crippen LogP contribution is 2.32. The second kappa shape index (κ2) is 2.50. The molecule has 1 nitrogen and oxygen atoms in total. The Bertz CT molecular complexity index is 201. The summed E-state index contributed by atoms with van der Waals surface area (Å²) in [6.07, 6.45) is 2.96. The Kier molecular flexibility index (Phi) is 1.99. The fourth-order valence-electron chi connectivity index (χ4n) is 0.937. The maximum absolute atomic E-state index is 4.27. The Balaban J connectivity index is 2.89. The highest BCUT2D eigenvalue weighted by Gasteiger charge is 2.24. The summed E-state index contributed by atoms with van der Waals surface area (Å²) in [6, 6.07) is 0. The van der Waals surface area contributed by atoms with E-state index >= 15 is 0 Å². The van der Waals surface area contributed by atoms with Gasteiger partial charge in [-0.1, -0.05) is 29.8 Å². The first-order chi connectivity index (χ1) is 4.52. The van der Waals surface area contributed by atoms with Crippen molar-refractivity contribution in [3.05, 3.63) is 10.7 Å². The molecule has 0 fully saturated rings. The first kappa shape index (κ1) is 7.99. The van der Waals surface area contributed by atoms with Crippen molar-refractivity contribution in [1.29, 1.82) is 0 Å². The van der Waals surface area contributed by atoms with Crippen LogP contribution in [0.1, 0.15) is 27.2 Å². The molecule has 0 aromatic heterocycles. The van der Waals surface area contributed by atoms with Crippen LogP contribution in [0.4, 0.5) is 0 Å². The van der Waals surface area contributed by atoms with Gasteiger partial charge in [-0.25, -0.2) is 0 Å². The molecule has 1 aliphatic rings. The Morgan fingerprint density at radius 3 is 2.60 bits per heavy atom. The lowest BCUT2D eigenvalue weighted by Crippen LogP contribution is -2.23. The Labute approximate surface area is 70.4 Å². The zero-order valence-electron chi connectivity index (χ0n) is 6.61. The minimum Gasteiger partial charge on any atom is -0.265 e. The molecule has 0 bridgehead atoms. The van der Waals surface area contributed by atoms with Crippen LogP contribution in [-0.2, 0) is 0 Å². The summed E-state index contributed by atoms with van der Waals surface area (Å²) in [7, 11) is 0. The van der Waals surface area contributed by atoms with E-state index in [1.54, 1.807) is 0 Å². The molecule has 0 saturated heterocycles. The lowest BCUT2D eigenvalue weighted by Gasteiger charge is -2.26. The number of hydrogen-bond acceptors (Lipinski definition) is 1. The minimum atomic E-state index is 0.244. The molecule has 1 heterocycles. The predicted molar refractivity (Wildman–Crippen MR) is 48.5 cm³/mol.